The van der Waals surface area contributed by atoms with Crippen molar-refractivity contribution in [2.45, 2.75) is 11.4 Å². The molecule has 0 atom stereocenters. The minimum atomic E-state index is -4.73. The van der Waals surface area contributed by atoms with Crippen molar-refractivity contribution in [1.29, 1.82) is 0 Å². The van der Waals surface area contributed by atoms with Crippen LogP contribution in [0.4, 0.5) is 13.2 Å². The zero-order valence-electron chi connectivity index (χ0n) is 7.74. The monoisotopic (exact) mass is 386 g/mol. The van der Waals surface area contributed by atoms with Gasteiger partial charge in [-0.15, -0.1) is 0 Å². The quantitative estimate of drug-likeness (QED) is 0.685. The van der Waals surface area contributed by atoms with Gasteiger partial charge in [-0.1, -0.05) is 0 Å². The first-order valence-corrected chi connectivity index (χ1v) is 6.72. The third kappa shape index (κ3) is 4.78. The van der Waals surface area contributed by atoms with Crippen LogP contribution >= 0.6 is 23.2 Å². The van der Waals surface area contributed by atoms with Crippen molar-refractivity contribution in [3.63, 3.8) is 0 Å². The largest absolute Gasteiger partial charge is 1.00 e. The number of rotatable bonds is 2. The van der Waals surface area contributed by atoms with Gasteiger partial charge in [0.2, 0.25) is 0 Å². The van der Waals surface area contributed by atoms with Crippen LogP contribution in [0.15, 0.2) is 12.1 Å². The van der Waals surface area contributed by atoms with E-state index in [-0.39, 0.29) is 27.0 Å². The zero-order chi connectivity index (χ0) is 11.6. The standard InChI is InChI=1S/C8H4Cl2F3O.BrH.Zn/c1-4-6(9)2-5(3-7(4)10)14-8(11,12)13;;/h2-3H,1H2;1H;/q;;+1/p-1. The van der Waals surface area contributed by atoms with Gasteiger partial charge >= 0.3 is 104 Å². The van der Waals surface area contributed by atoms with Crippen LogP contribution < -0.4 is 21.7 Å². The summed E-state index contributed by atoms with van der Waals surface area (Å²) in [7, 11) is 0. The molecule has 0 fully saturated rings. The molecule has 0 N–H and O–H groups in total. The number of hydrogen-bond donors (Lipinski definition) is 0. The summed E-state index contributed by atoms with van der Waals surface area (Å²) < 4.78 is 39.4. The van der Waals surface area contributed by atoms with Crippen molar-refractivity contribution in [3.05, 3.63) is 27.7 Å². The predicted octanol–water partition coefficient (Wildman–Crippen LogP) is 0.943. The Morgan fingerprint density at radius 3 is 1.94 bits per heavy atom. The van der Waals surface area contributed by atoms with E-state index in [0.29, 0.717) is 10.6 Å². The van der Waals surface area contributed by atoms with Crippen molar-refractivity contribution in [2.75, 3.05) is 0 Å². The average Bonchev–Trinajstić information content (AvgIpc) is 1.99. The van der Waals surface area contributed by atoms with Crippen molar-refractivity contribution in [2.24, 2.45) is 0 Å². The molecule has 0 radical (unpaired) electrons. The van der Waals surface area contributed by atoms with E-state index in [4.69, 9.17) is 23.2 Å². The Kier molecular flexibility index (Phi) is 6.63. The van der Waals surface area contributed by atoms with Gasteiger partial charge in [0, 0.05) is 0 Å². The van der Waals surface area contributed by atoms with Crippen LogP contribution in [-0.2, 0) is 23.3 Å². The maximum atomic E-state index is 11.9. The molecule has 0 spiro atoms. The fourth-order valence-corrected chi connectivity index (χ4v) is 3.46. The van der Waals surface area contributed by atoms with Gasteiger partial charge in [0.05, 0.1) is 0 Å². The fourth-order valence-electron chi connectivity index (χ4n) is 1.01. The summed E-state index contributed by atoms with van der Waals surface area (Å²) in [6.07, 6.45) is -4.73. The predicted molar refractivity (Wildman–Crippen MR) is 46.8 cm³/mol. The molecule has 0 saturated heterocycles. The van der Waals surface area contributed by atoms with Crippen LogP contribution in [0.2, 0.25) is 10.0 Å². The summed E-state index contributed by atoms with van der Waals surface area (Å²) in [4.78, 5) is 0. The smallest absolute Gasteiger partial charge is 1.00 e. The number of hydrogen-bond acceptors (Lipinski definition) is 1. The summed E-state index contributed by atoms with van der Waals surface area (Å²) in [5.74, 6) is -0.394. The van der Waals surface area contributed by atoms with Gasteiger partial charge in [0.1, 0.15) is 0 Å². The van der Waals surface area contributed by atoms with Crippen LogP contribution in [0.1, 0.15) is 5.56 Å². The molecule has 0 aliphatic carbocycles. The molecule has 1 aromatic rings. The van der Waals surface area contributed by atoms with Gasteiger partial charge in [-0.3, -0.25) is 0 Å². The van der Waals surface area contributed by atoms with E-state index in [1.165, 1.54) is 0 Å². The Labute approximate surface area is 121 Å². The third-order valence-electron chi connectivity index (χ3n) is 1.60. The molecule has 1 rings (SSSR count). The molecule has 1 aromatic carbocycles. The fraction of sp³-hybridized carbons (Fsp3) is 0.250. The molecule has 1 nitrogen and oxygen atoms in total. The molecule has 0 aliphatic heterocycles. The molecule has 0 amide bonds. The van der Waals surface area contributed by atoms with Crippen molar-refractivity contribution in [1.82, 2.24) is 0 Å². The van der Waals surface area contributed by atoms with Crippen molar-refractivity contribution >= 4 is 23.2 Å². The maximum Gasteiger partial charge on any atom is -1.00 e. The van der Waals surface area contributed by atoms with Gasteiger partial charge in [0.25, 0.3) is 0 Å². The van der Waals surface area contributed by atoms with Crippen LogP contribution in [-0.4, -0.2) is 6.36 Å². The average molecular weight is 389 g/mol. The molecular formula is C8H4BrCl2F3OZn. The first-order valence-electron chi connectivity index (χ1n) is 3.86. The second-order valence-electron chi connectivity index (χ2n) is 2.66. The number of alkyl halides is 3. The van der Waals surface area contributed by atoms with E-state index in [0.717, 1.165) is 30.4 Å². The topological polar surface area (TPSA) is 9.23 Å². The van der Waals surface area contributed by atoms with Gasteiger partial charge in [-0.2, -0.15) is 0 Å². The summed E-state index contributed by atoms with van der Waals surface area (Å²) in [5, 5.41) is 1.07. The molecule has 0 bridgehead atoms. The minimum absolute atomic E-state index is 0. The molecule has 16 heavy (non-hydrogen) atoms. The first kappa shape index (κ1) is 16.5. The molecule has 0 saturated carbocycles. The van der Waals surface area contributed by atoms with Crippen LogP contribution in [0.5, 0.6) is 5.75 Å². The van der Waals surface area contributed by atoms with Gasteiger partial charge in [0.15, 0.2) is 0 Å². The first-order chi connectivity index (χ1) is 6.83. The Morgan fingerprint density at radius 2 is 1.62 bits per heavy atom. The molecule has 0 aliphatic rings. The molecular weight excluding hydrogens is 385 g/mol. The second-order valence-corrected chi connectivity index (χ2v) is 4.53. The van der Waals surface area contributed by atoms with Crippen molar-refractivity contribution in [3.8, 4) is 5.75 Å². The summed E-state index contributed by atoms with van der Waals surface area (Å²) >= 11 is 12.4. The van der Waals surface area contributed by atoms with E-state index < -0.39 is 12.1 Å². The van der Waals surface area contributed by atoms with Crippen LogP contribution in [0, 0.1) is 0 Å². The Balaban J connectivity index is 0.00000225. The minimum Gasteiger partial charge on any atom is -1.00 e. The van der Waals surface area contributed by atoms with Crippen LogP contribution in [0.3, 0.4) is 0 Å². The maximum absolute atomic E-state index is 11.9. The SMILES string of the molecule is FC(F)(F)Oc1cc(Cl)c([CH2][Zn+])c(Cl)c1.[Br-]. The van der Waals surface area contributed by atoms with E-state index in [1.807, 2.05) is 0 Å². The summed E-state index contributed by atoms with van der Waals surface area (Å²) in [5.41, 5.74) is 0.660. The molecule has 8 heteroatoms. The van der Waals surface area contributed by atoms with E-state index in [1.54, 1.807) is 0 Å². The van der Waals surface area contributed by atoms with Gasteiger partial charge in [-0.25, -0.2) is 0 Å². The Bertz CT molecular complexity index is 350. The third-order valence-corrected chi connectivity index (χ3v) is 3.32. The zero-order valence-corrected chi connectivity index (χ0v) is 13.8. The molecule has 86 valence electrons. The number of ether oxygens (including phenoxy) is 1. The molecule has 0 heterocycles. The van der Waals surface area contributed by atoms with E-state index in [9.17, 15) is 13.2 Å². The Hall–Kier alpha value is 0.493. The molecule has 0 aromatic heterocycles. The molecule has 0 unspecified atom stereocenters. The number of benzene rings is 1. The van der Waals surface area contributed by atoms with Crippen LogP contribution in [0.25, 0.3) is 0 Å². The van der Waals surface area contributed by atoms with E-state index >= 15 is 0 Å². The number of halogens is 6. The van der Waals surface area contributed by atoms with E-state index in [2.05, 4.69) is 4.74 Å². The van der Waals surface area contributed by atoms with Gasteiger partial charge < -0.3 is 17.0 Å². The Morgan fingerprint density at radius 1 is 1.19 bits per heavy atom. The second kappa shape index (κ2) is 6.43. The van der Waals surface area contributed by atoms with Crippen molar-refractivity contribution < 1.29 is 53.2 Å². The van der Waals surface area contributed by atoms with Gasteiger partial charge in [-0.05, 0) is 0 Å². The summed E-state index contributed by atoms with van der Waals surface area (Å²) in [6.45, 7) is 0. The normalized spacial score (nSPS) is 10.9. The summed E-state index contributed by atoms with van der Waals surface area (Å²) in [6, 6.07) is 2.23.